The van der Waals surface area contributed by atoms with Crippen molar-refractivity contribution >= 4 is 38.7 Å². The molecule has 6 nitrogen and oxygen atoms in total. The monoisotopic (exact) mass is 682 g/mol. The molecule has 0 saturated carbocycles. The summed E-state index contributed by atoms with van der Waals surface area (Å²) in [7, 11) is 0. The number of fused-ring (bicyclic) bond motifs is 6. The van der Waals surface area contributed by atoms with Crippen molar-refractivity contribution in [2.24, 2.45) is 0 Å². The average Bonchev–Trinajstić information content (AvgIpc) is 3.55. The molecule has 0 aliphatic heterocycles. The minimum Gasteiger partial charge on any atom is -0.501 e. The van der Waals surface area contributed by atoms with E-state index in [9.17, 15) is 0 Å². The summed E-state index contributed by atoms with van der Waals surface area (Å²) in [5, 5.41) is 2.06. The fourth-order valence-corrected chi connectivity index (χ4v) is 4.56. The van der Waals surface area contributed by atoms with Crippen LogP contribution < -0.4 is 0 Å². The molecular weight excluding hydrogens is 663 g/mol. The molecule has 0 atom stereocenters. The molecule has 0 amide bonds. The molecule has 0 saturated heterocycles. The molecule has 189 valence electrons. The van der Waals surface area contributed by atoms with Crippen molar-refractivity contribution in [2.45, 2.75) is 0 Å². The van der Waals surface area contributed by atoms with Gasteiger partial charge >= 0.3 is 0 Å². The van der Waals surface area contributed by atoms with Crippen LogP contribution in [0.2, 0.25) is 0 Å². The van der Waals surface area contributed by atoms with Crippen LogP contribution in [-0.4, -0.2) is 24.3 Å². The third-order valence-corrected chi connectivity index (χ3v) is 6.31. The first-order chi connectivity index (χ1) is 18.8. The van der Waals surface area contributed by atoms with Crippen LogP contribution in [0.4, 0.5) is 0 Å². The van der Waals surface area contributed by atoms with Gasteiger partial charge in [-0.1, -0.05) is 35.2 Å². The second-order valence-corrected chi connectivity index (χ2v) is 8.64. The fourth-order valence-electron chi connectivity index (χ4n) is 4.56. The molecule has 0 unspecified atom stereocenters. The zero-order chi connectivity index (χ0) is 25.3. The number of hydrogen-bond acceptors (Lipinski definition) is 5. The summed E-state index contributed by atoms with van der Waals surface area (Å²) in [6.07, 6.45) is 7.27. The summed E-state index contributed by atoms with van der Waals surface area (Å²) >= 11 is 0. The number of imidazole rings is 1. The summed E-state index contributed by atoms with van der Waals surface area (Å²) in [5.41, 5.74) is 7.20. The molecule has 0 bridgehead atoms. The minimum atomic E-state index is 0. The van der Waals surface area contributed by atoms with Gasteiger partial charge in [0, 0.05) is 56.3 Å². The molecule has 0 fully saturated rings. The zero-order valence-corrected chi connectivity index (χ0v) is 22.8. The van der Waals surface area contributed by atoms with Crippen LogP contribution in [0, 0.1) is 12.1 Å². The predicted octanol–water partition coefficient (Wildman–Crippen LogP) is 7.19. The summed E-state index contributed by atoms with van der Waals surface area (Å²) in [4.78, 5) is 17.6. The number of nitrogens with zero attached hydrogens (tertiary/aromatic N) is 5. The molecule has 5 aromatic heterocycles. The van der Waals surface area contributed by atoms with Crippen molar-refractivity contribution in [1.29, 1.82) is 0 Å². The number of aromatic nitrogens is 5. The molecule has 39 heavy (non-hydrogen) atoms. The first-order valence-electron chi connectivity index (χ1n) is 12.1. The van der Waals surface area contributed by atoms with Gasteiger partial charge in [0.1, 0.15) is 5.58 Å². The quantitative estimate of drug-likeness (QED) is 0.181. The van der Waals surface area contributed by atoms with E-state index >= 15 is 0 Å². The Bertz CT molecular complexity index is 1980. The van der Waals surface area contributed by atoms with Gasteiger partial charge in [0.15, 0.2) is 0 Å². The van der Waals surface area contributed by atoms with E-state index in [0.717, 1.165) is 55.5 Å². The van der Waals surface area contributed by atoms with Gasteiger partial charge in [-0.25, -0.2) is 9.97 Å². The SMILES string of the molecule is [Ir].[c-]1ccc2c(oc3cc4c(cc32)nc2ncccn24)c1-c1ccccn1.[c-]1ccccc1-c1ccccn1. The first kappa shape index (κ1) is 24.6. The molecule has 0 N–H and O–H groups in total. The minimum absolute atomic E-state index is 0. The van der Waals surface area contributed by atoms with Crippen molar-refractivity contribution < 1.29 is 24.5 Å². The van der Waals surface area contributed by atoms with Crippen molar-refractivity contribution in [3.05, 3.63) is 128 Å². The van der Waals surface area contributed by atoms with Crippen LogP contribution in [0.1, 0.15) is 0 Å². The van der Waals surface area contributed by atoms with Crippen molar-refractivity contribution in [1.82, 2.24) is 24.3 Å². The Kier molecular flexibility index (Phi) is 6.67. The molecule has 8 rings (SSSR count). The molecule has 3 aromatic carbocycles. The number of pyridine rings is 2. The Morgan fingerprint density at radius 1 is 0.692 bits per heavy atom. The zero-order valence-electron chi connectivity index (χ0n) is 20.4. The predicted molar refractivity (Wildman–Crippen MR) is 148 cm³/mol. The van der Waals surface area contributed by atoms with E-state index in [2.05, 4.69) is 38.1 Å². The van der Waals surface area contributed by atoms with Crippen LogP contribution in [-0.2, 0) is 20.1 Å². The van der Waals surface area contributed by atoms with Gasteiger partial charge in [-0.2, -0.15) is 0 Å². The van der Waals surface area contributed by atoms with E-state index < -0.39 is 0 Å². The van der Waals surface area contributed by atoms with Gasteiger partial charge in [0.05, 0.1) is 16.6 Å². The Morgan fingerprint density at radius 2 is 1.49 bits per heavy atom. The summed E-state index contributed by atoms with van der Waals surface area (Å²) in [6.45, 7) is 0. The van der Waals surface area contributed by atoms with Gasteiger partial charge in [-0.3, -0.25) is 4.40 Å². The summed E-state index contributed by atoms with van der Waals surface area (Å²) in [5.74, 6) is 0.682. The third-order valence-electron chi connectivity index (χ3n) is 6.31. The van der Waals surface area contributed by atoms with Crippen LogP contribution in [0.3, 0.4) is 0 Å². The molecule has 1 radical (unpaired) electrons. The van der Waals surface area contributed by atoms with E-state index in [1.807, 2.05) is 95.5 Å². The molecule has 5 heterocycles. The number of furan rings is 1. The van der Waals surface area contributed by atoms with Gasteiger partial charge in [0.2, 0.25) is 5.78 Å². The van der Waals surface area contributed by atoms with E-state index in [1.165, 1.54) is 0 Å². The maximum atomic E-state index is 6.23. The Morgan fingerprint density at radius 3 is 2.26 bits per heavy atom. The molecule has 0 aliphatic rings. The maximum absolute atomic E-state index is 6.23. The average molecular weight is 682 g/mol. The molecule has 7 heteroatoms. The number of rotatable bonds is 2. The van der Waals surface area contributed by atoms with Crippen LogP contribution in [0.5, 0.6) is 0 Å². The van der Waals surface area contributed by atoms with E-state index in [-0.39, 0.29) is 20.1 Å². The summed E-state index contributed by atoms with van der Waals surface area (Å²) in [6, 6.07) is 35.8. The molecule has 8 aromatic rings. The van der Waals surface area contributed by atoms with Gasteiger partial charge in [-0.05, 0) is 35.7 Å². The first-order valence-corrected chi connectivity index (χ1v) is 12.1. The standard InChI is InChI=1S/C21H11N4O.C11H8N.Ir/c1-2-8-22-16(7-1)14-6-3-5-13-15-11-17-18(12-19(15)26-20(13)14)25-10-4-9-23-21(25)24-17;1-2-6-10(7-3-1)11-8-4-5-9-12-11;/h1-5,7-12H;1-6,8-9H;/q2*-1;. The Hall–Kier alpha value is -4.71. The largest absolute Gasteiger partial charge is 0.501 e. The van der Waals surface area contributed by atoms with Crippen molar-refractivity contribution in [2.75, 3.05) is 0 Å². The van der Waals surface area contributed by atoms with Gasteiger partial charge in [0.25, 0.3) is 0 Å². The van der Waals surface area contributed by atoms with E-state index in [1.54, 1.807) is 18.6 Å². The summed E-state index contributed by atoms with van der Waals surface area (Å²) < 4.78 is 8.20. The maximum Gasteiger partial charge on any atom is 0.234 e. The van der Waals surface area contributed by atoms with Crippen LogP contribution in [0.25, 0.3) is 61.3 Å². The molecular formula is C32H19IrN5O-2. The van der Waals surface area contributed by atoms with Gasteiger partial charge < -0.3 is 14.4 Å². The second kappa shape index (κ2) is 10.6. The number of hydrogen-bond donors (Lipinski definition) is 0. The van der Waals surface area contributed by atoms with Crippen LogP contribution >= 0.6 is 0 Å². The third kappa shape index (κ3) is 4.59. The van der Waals surface area contributed by atoms with Crippen LogP contribution in [0.15, 0.2) is 120 Å². The fraction of sp³-hybridized carbons (Fsp3) is 0. The van der Waals surface area contributed by atoms with Gasteiger partial charge in [-0.15, -0.1) is 54.1 Å². The normalized spacial score (nSPS) is 10.9. The topological polar surface area (TPSA) is 69.1 Å². The second-order valence-electron chi connectivity index (χ2n) is 8.64. The Labute approximate surface area is 237 Å². The van der Waals surface area contributed by atoms with Crippen molar-refractivity contribution in [3.8, 4) is 22.5 Å². The smallest absolute Gasteiger partial charge is 0.234 e. The Balaban J connectivity index is 0.000000180. The molecule has 0 spiro atoms. The van der Waals surface area contributed by atoms with E-state index in [4.69, 9.17) is 4.42 Å². The van der Waals surface area contributed by atoms with E-state index in [0.29, 0.717) is 5.78 Å². The van der Waals surface area contributed by atoms with Crippen molar-refractivity contribution in [3.63, 3.8) is 0 Å². The molecule has 0 aliphatic carbocycles. The number of benzene rings is 3.